The second kappa shape index (κ2) is 7.55. The molecule has 166 valence electrons. The predicted octanol–water partition coefficient (Wildman–Crippen LogP) is 3.72. The number of carbonyl (C=O) groups is 3. The normalized spacial score (nSPS) is 27.3. The molecule has 7 nitrogen and oxygen atoms in total. The lowest BCUT2D eigenvalue weighted by atomic mass is 9.66. The van der Waals surface area contributed by atoms with Gasteiger partial charge in [-0.05, 0) is 24.7 Å². The van der Waals surface area contributed by atoms with Gasteiger partial charge in [0.25, 0.3) is 0 Å². The van der Waals surface area contributed by atoms with Crippen molar-refractivity contribution in [2.45, 2.75) is 45.6 Å². The van der Waals surface area contributed by atoms with Gasteiger partial charge in [-0.15, -0.1) is 0 Å². The fourth-order valence-electron chi connectivity index (χ4n) is 5.06. The van der Waals surface area contributed by atoms with E-state index >= 15 is 0 Å². The first-order valence-corrected chi connectivity index (χ1v) is 10.8. The Morgan fingerprint density at radius 3 is 2.45 bits per heavy atom. The smallest absolute Gasteiger partial charge is 0.236 e. The van der Waals surface area contributed by atoms with E-state index in [0.717, 1.165) is 0 Å². The van der Waals surface area contributed by atoms with E-state index in [0.29, 0.717) is 29.9 Å². The molecule has 1 aromatic rings. The average molecular weight is 448 g/mol. The molecule has 1 aromatic carbocycles. The van der Waals surface area contributed by atoms with Crippen molar-refractivity contribution in [2.75, 3.05) is 14.2 Å². The van der Waals surface area contributed by atoms with Crippen molar-refractivity contribution in [2.24, 2.45) is 17.8 Å². The topological polar surface area (TPSA) is 90.9 Å². The van der Waals surface area contributed by atoms with Gasteiger partial charge in [-0.25, -0.2) is 0 Å². The molecule has 0 saturated carbocycles. The Morgan fingerprint density at radius 1 is 1.16 bits per heavy atom. The van der Waals surface area contributed by atoms with Gasteiger partial charge in [-0.3, -0.25) is 14.4 Å². The highest BCUT2D eigenvalue weighted by atomic mass is 35.5. The van der Waals surface area contributed by atoms with Crippen LogP contribution in [0.5, 0.6) is 17.2 Å². The van der Waals surface area contributed by atoms with Crippen LogP contribution in [0.25, 0.3) is 0 Å². The van der Waals surface area contributed by atoms with Crippen molar-refractivity contribution >= 4 is 29.1 Å². The van der Waals surface area contributed by atoms with Crippen molar-refractivity contribution in [1.82, 2.24) is 5.32 Å². The van der Waals surface area contributed by atoms with Gasteiger partial charge in [-0.1, -0.05) is 32.4 Å². The molecule has 4 rings (SSSR count). The highest BCUT2D eigenvalue weighted by molar-refractivity contribution is 6.36. The second-order valence-electron chi connectivity index (χ2n) is 8.87. The Kier molecular flexibility index (Phi) is 5.28. The summed E-state index contributed by atoms with van der Waals surface area (Å²) in [7, 11) is 2.88. The van der Waals surface area contributed by atoms with Crippen LogP contribution in [0.1, 0.15) is 50.4 Å². The van der Waals surface area contributed by atoms with E-state index in [1.807, 2.05) is 13.8 Å². The first kappa shape index (κ1) is 21.7. The fraction of sp³-hybridized carbons (Fsp3) is 0.522. The summed E-state index contributed by atoms with van der Waals surface area (Å²) in [4.78, 5) is 40.0. The Bertz CT molecular complexity index is 1030. The standard InChI is InChI=1S/C23H26ClNO6/c1-10(2)6-12-8-16(26)25-13-7-11(3)23(21(27)17(12)13)22(28)18-14(29-4)9-15(30-5)19(24)20(18)31-23/h9-12H,6-8H2,1-5H3,(H,25,26)/t11-,12?,23+/m1/s1. The number of ketones is 2. The average Bonchev–Trinajstić information content (AvgIpc) is 3.01. The highest BCUT2D eigenvalue weighted by Crippen LogP contribution is 2.54. The lowest BCUT2D eigenvalue weighted by molar-refractivity contribution is -0.132. The molecule has 31 heavy (non-hydrogen) atoms. The Morgan fingerprint density at radius 2 is 1.84 bits per heavy atom. The summed E-state index contributed by atoms with van der Waals surface area (Å²) in [6, 6.07) is 1.52. The number of rotatable bonds is 4. The van der Waals surface area contributed by atoms with Gasteiger partial charge in [0.2, 0.25) is 23.1 Å². The van der Waals surface area contributed by atoms with Crippen molar-refractivity contribution in [3.8, 4) is 17.2 Å². The number of Topliss-reactive ketones (excluding diaryl/α,β-unsaturated/α-hetero) is 2. The van der Waals surface area contributed by atoms with Crippen LogP contribution < -0.4 is 19.5 Å². The number of halogens is 1. The zero-order valence-corrected chi connectivity index (χ0v) is 19.0. The summed E-state index contributed by atoms with van der Waals surface area (Å²) in [5, 5.41) is 2.98. The minimum absolute atomic E-state index is 0.100. The van der Waals surface area contributed by atoms with E-state index in [9.17, 15) is 14.4 Å². The van der Waals surface area contributed by atoms with Gasteiger partial charge in [-0.2, -0.15) is 0 Å². The van der Waals surface area contributed by atoms with Gasteiger partial charge >= 0.3 is 0 Å². The Balaban J connectivity index is 1.86. The summed E-state index contributed by atoms with van der Waals surface area (Å²) in [5.74, 6) is -0.809. The minimum Gasteiger partial charge on any atom is -0.496 e. The number of nitrogens with one attached hydrogen (secondary N) is 1. The van der Waals surface area contributed by atoms with Gasteiger partial charge in [0.15, 0.2) is 5.75 Å². The maximum atomic E-state index is 14.0. The zero-order valence-electron chi connectivity index (χ0n) is 18.3. The summed E-state index contributed by atoms with van der Waals surface area (Å²) in [5.41, 5.74) is -0.484. The first-order chi connectivity index (χ1) is 14.6. The molecule has 0 aromatic heterocycles. The molecule has 2 aliphatic heterocycles. The first-order valence-electron chi connectivity index (χ1n) is 10.4. The quantitative estimate of drug-likeness (QED) is 0.707. The predicted molar refractivity (Wildman–Crippen MR) is 114 cm³/mol. The van der Waals surface area contributed by atoms with Crippen LogP contribution in [0.2, 0.25) is 5.02 Å². The third kappa shape index (κ3) is 3.04. The maximum Gasteiger partial charge on any atom is 0.236 e. The molecule has 1 aliphatic carbocycles. The number of hydrogen-bond donors (Lipinski definition) is 1. The van der Waals surface area contributed by atoms with Gasteiger partial charge in [0.1, 0.15) is 22.1 Å². The Labute approximate surface area is 186 Å². The number of amides is 1. The lowest BCUT2D eigenvalue weighted by Gasteiger charge is -2.42. The van der Waals surface area contributed by atoms with E-state index in [-0.39, 0.29) is 46.2 Å². The number of hydrogen-bond acceptors (Lipinski definition) is 6. The molecule has 2 heterocycles. The lowest BCUT2D eigenvalue weighted by Crippen LogP contribution is -2.59. The number of fused-ring (bicyclic) bond motifs is 1. The van der Waals surface area contributed by atoms with Crippen LogP contribution in [-0.2, 0) is 9.59 Å². The van der Waals surface area contributed by atoms with Crippen molar-refractivity contribution < 1.29 is 28.6 Å². The number of carbonyl (C=O) groups excluding carboxylic acids is 3. The van der Waals surface area contributed by atoms with Gasteiger partial charge in [0.05, 0.1) is 14.2 Å². The van der Waals surface area contributed by atoms with Crippen LogP contribution in [0.3, 0.4) is 0 Å². The largest absolute Gasteiger partial charge is 0.496 e. The van der Waals surface area contributed by atoms with Crippen LogP contribution >= 0.6 is 11.6 Å². The molecule has 0 bridgehead atoms. The third-order valence-electron chi connectivity index (χ3n) is 6.42. The molecule has 8 heteroatoms. The van der Waals surface area contributed by atoms with Gasteiger partial charge < -0.3 is 19.5 Å². The van der Waals surface area contributed by atoms with Crippen molar-refractivity contribution in [3.63, 3.8) is 0 Å². The van der Waals surface area contributed by atoms with Crippen molar-refractivity contribution in [3.05, 3.63) is 27.9 Å². The molecule has 1 amide bonds. The highest BCUT2D eigenvalue weighted by Gasteiger charge is 2.63. The van der Waals surface area contributed by atoms with E-state index < -0.39 is 23.1 Å². The summed E-state index contributed by atoms with van der Waals surface area (Å²) < 4.78 is 16.9. The van der Waals surface area contributed by atoms with Crippen LogP contribution in [0, 0.1) is 17.8 Å². The molecule has 3 aliphatic rings. The zero-order chi connectivity index (χ0) is 22.7. The number of allylic oxidation sites excluding steroid dienone is 1. The molecular weight excluding hydrogens is 422 g/mol. The molecule has 1 N–H and O–H groups in total. The van der Waals surface area contributed by atoms with Crippen LogP contribution in [-0.4, -0.2) is 37.3 Å². The molecule has 1 unspecified atom stereocenters. The third-order valence-corrected chi connectivity index (χ3v) is 6.77. The number of ether oxygens (including phenoxy) is 3. The maximum absolute atomic E-state index is 14.0. The van der Waals surface area contributed by atoms with Gasteiger partial charge in [0, 0.05) is 29.7 Å². The van der Waals surface area contributed by atoms with Crippen molar-refractivity contribution in [1.29, 1.82) is 0 Å². The van der Waals surface area contributed by atoms with E-state index in [1.165, 1.54) is 20.3 Å². The fourth-order valence-corrected chi connectivity index (χ4v) is 5.33. The summed E-state index contributed by atoms with van der Waals surface area (Å²) in [6.07, 6.45) is 1.23. The molecule has 0 fully saturated rings. The minimum atomic E-state index is -1.73. The van der Waals surface area contributed by atoms with E-state index in [2.05, 4.69) is 5.32 Å². The SMILES string of the molecule is COc1cc(OC)c2c(c1Cl)O[C@@]1(C(=O)C3=C(C[C@H]1C)NC(=O)CC3CC(C)C)C2=O. The van der Waals surface area contributed by atoms with E-state index in [1.54, 1.807) is 6.92 Å². The Hall–Kier alpha value is -2.54. The van der Waals surface area contributed by atoms with Crippen LogP contribution in [0.15, 0.2) is 17.3 Å². The van der Waals surface area contributed by atoms with Crippen LogP contribution in [0.4, 0.5) is 0 Å². The second-order valence-corrected chi connectivity index (χ2v) is 9.25. The molecular formula is C23H26ClNO6. The number of benzene rings is 1. The number of methoxy groups -OCH3 is 2. The molecule has 1 spiro atoms. The molecule has 0 saturated heterocycles. The monoisotopic (exact) mass is 447 g/mol. The van der Waals surface area contributed by atoms with E-state index in [4.69, 9.17) is 25.8 Å². The molecule has 3 atom stereocenters. The molecule has 0 radical (unpaired) electrons. The summed E-state index contributed by atoms with van der Waals surface area (Å²) >= 11 is 6.46. The summed E-state index contributed by atoms with van der Waals surface area (Å²) in [6.45, 7) is 5.87.